The number of hydrogen-bond acceptors (Lipinski definition) is 4. The Morgan fingerprint density at radius 2 is 2.22 bits per heavy atom. The summed E-state index contributed by atoms with van der Waals surface area (Å²) in [5.74, 6) is -0.263. The molecule has 18 heavy (non-hydrogen) atoms. The van der Waals surface area contributed by atoms with Gasteiger partial charge in [-0.3, -0.25) is 4.79 Å². The van der Waals surface area contributed by atoms with Crippen LogP contribution in [0.1, 0.15) is 35.8 Å². The number of rotatable bonds is 5. The molecule has 4 nitrogen and oxygen atoms in total. The van der Waals surface area contributed by atoms with E-state index >= 15 is 0 Å². The maximum atomic E-state index is 12.0. The van der Waals surface area contributed by atoms with Crippen LogP contribution < -0.4 is 11.1 Å². The predicted molar refractivity (Wildman–Crippen MR) is 74.6 cm³/mol. The number of amides is 1. The van der Waals surface area contributed by atoms with Crippen molar-refractivity contribution in [1.29, 1.82) is 5.26 Å². The Kier molecular flexibility index (Phi) is 5.32. The molecule has 0 saturated heterocycles. The molecule has 0 aliphatic rings. The molecular formula is C13H19N3OS. The van der Waals surface area contributed by atoms with Crippen LogP contribution in [0.2, 0.25) is 0 Å². The lowest BCUT2D eigenvalue weighted by Gasteiger charge is -2.13. The lowest BCUT2D eigenvalue weighted by atomic mass is 10.0. The third-order valence-electron chi connectivity index (χ3n) is 3.03. The second kappa shape index (κ2) is 6.53. The molecule has 1 rings (SSSR count). The number of carbonyl (C=O) groups excluding carboxylic acids is 1. The summed E-state index contributed by atoms with van der Waals surface area (Å²) >= 11 is 1.44. The number of hydrogen-bond donors (Lipinski definition) is 2. The van der Waals surface area contributed by atoms with Crippen LogP contribution in [-0.4, -0.2) is 12.5 Å². The van der Waals surface area contributed by atoms with E-state index in [-0.39, 0.29) is 11.8 Å². The molecule has 0 fully saturated rings. The minimum atomic E-state index is -0.177. The molecule has 0 aliphatic carbocycles. The quantitative estimate of drug-likeness (QED) is 0.858. The highest BCUT2D eigenvalue weighted by Crippen LogP contribution is 2.32. The first-order valence-corrected chi connectivity index (χ1v) is 6.87. The van der Waals surface area contributed by atoms with Crippen molar-refractivity contribution in [2.24, 2.45) is 11.7 Å². The second-order valence-electron chi connectivity index (χ2n) is 4.31. The number of nitrogens with one attached hydrogen (secondary N) is 1. The molecule has 1 amide bonds. The average molecular weight is 265 g/mol. The van der Waals surface area contributed by atoms with Gasteiger partial charge in [-0.2, -0.15) is 5.26 Å². The Morgan fingerprint density at radius 1 is 1.56 bits per heavy atom. The van der Waals surface area contributed by atoms with Crippen molar-refractivity contribution in [3.8, 4) is 6.07 Å². The van der Waals surface area contributed by atoms with E-state index in [0.29, 0.717) is 17.1 Å². The van der Waals surface area contributed by atoms with Crippen LogP contribution in [0.5, 0.6) is 0 Å². The van der Waals surface area contributed by atoms with Crippen LogP contribution in [0.3, 0.4) is 0 Å². The number of nitrogens with zero attached hydrogens (tertiary/aromatic N) is 1. The highest BCUT2D eigenvalue weighted by Gasteiger charge is 2.19. The molecule has 0 aromatic carbocycles. The standard InChI is InChI=1S/C13H19N3OS/c1-4-5-10(6-14)12(17)16-13-11(7-15)8(2)9(3)18-13/h10H,4-6,14H2,1-3H3,(H,16,17). The van der Waals surface area contributed by atoms with Crippen molar-refractivity contribution in [2.45, 2.75) is 33.6 Å². The minimum absolute atomic E-state index is 0.0860. The summed E-state index contributed by atoms with van der Waals surface area (Å²) in [6.45, 7) is 6.20. The van der Waals surface area contributed by atoms with E-state index in [0.717, 1.165) is 23.3 Å². The van der Waals surface area contributed by atoms with Gasteiger partial charge in [0.1, 0.15) is 11.1 Å². The SMILES string of the molecule is CCCC(CN)C(=O)Nc1sc(C)c(C)c1C#N. The number of carbonyl (C=O) groups is 1. The molecule has 1 aromatic heterocycles. The molecule has 0 aliphatic heterocycles. The van der Waals surface area contributed by atoms with Gasteiger partial charge in [-0.15, -0.1) is 11.3 Å². The Balaban J connectivity index is 2.88. The van der Waals surface area contributed by atoms with Gasteiger partial charge in [-0.1, -0.05) is 13.3 Å². The molecule has 1 heterocycles. The van der Waals surface area contributed by atoms with Gasteiger partial charge in [-0.05, 0) is 25.8 Å². The summed E-state index contributed by atoms with van der Waals surface area (Å²) in [4.78, 5) is 13.1. The summed E-state index contributed by atoms with van der Waals surface area (Å²) in [5, 5.41) is 12.6. The molecule has 98 valence electrons. The van der Waals surface area contributed by atoms with Gasteiger partial charge in [0.25, 0.3) is 0 Å². The highest BCUT2D eigenvalue weighted by atomic mass is 32.1. The zero-order valence-corrected chi connectivity index (χ0v) is 11.9. The van der Waals surface area contributed by atoms with E-state index in [1.54, 1.807) is 0 Å². The Bertz CT molecular complexity index is 473. The predicted octanol–water partition coefficient (Wildman–Crippen LogP) is 2.55. The maximum absolute atomic E-state index is 12.0. The molecule has 0 bridgehead atoms. The van der Waals surface area contributed by atoms with Gasteiger partial charge in [-0.25, -0.2) is 0 Å². The molecular weight excluding hydrogens is 246 g/mol. The van der Waals surface area contributed by atoms with Crippen LogP contribution in [0.4, 0.5) is 5.00 Å². The van der Waals surface area contributed by atoms with Gasteiger partial charge in [0, 0.05) is 11.4 Å². The lowest BCUT2D eigenvalue weighted by molar-refractivity contribution is -0.119. The summed E-state index contributed by atoms with van der Waals surface area (Å²) in [5.41, 5.74) is 7.11. The summed E-state index contributed by atoms with van der Waals surface area (Å²) < 4.78 is 0. The van der Waals surface area contributed by atoms with Gasteiger partial charge >= 0.3 is 0 Å². The number of thiophene rings is 1. The molecule has 5 heteroatoms. The van der Waals surface area contributed by atoms with Crippen molar-refractivity contribution >= 4 is 22.2 Å². The van der Waals surface area contributed by atoms with Crippen LogP contribution in [0, 0.1) is 31.1 Å². The fraction of sp³-hybridized carbons (Fsp3) is 0.538. The molecule has 1 atom stereocenters. The Morgan fingerprint density at radius 3 is 2.72 bits per heavy atom. The van der Waals surface area contributed by atoms with E-state index in [1.807, 2.05) is 20.8 Å². The average Bonchev–Trinajstić information content (AvgIpc) is 2.61. The van der Waals surface area contributed by atoms with Crippen molar-refractivity contribution in [3.05, 3.63) is 16.0 Å². The van der Waals surface area contributed by atoms with Gasteiger partial charge in [0.2, 0.25) is 5.91 Å². The lowest BCUT2D eigenvalue weighted by Crippen LogP contribution is -2.29. The van der Waals surface area contributed by atoms with Gasteiger partial charge in [0.15, 0.2) is 0 Å². The van der Waals surface area contributed by atoms with E-state index < -0.39 is 0 Å². The number of nitriles is 1. The summed E-state index contributed by atoms with van der Waals surface area (Å²) in [6, 6.07) is 2.14. The molecule has 0 spiro atoms. The first-order valence-electron chi connectivity index (χ1n) is 6.06. The summed E-state index contributed by atoms with van der Waals surface area (Å²) in [6.07, 6.45) is 1.69. The number of anilines is 1. The van der Waals surface area contributed by atoms with Crippen LogP contribution in [-0.2, 0) is 4.79 Å². The van der Waals surface area contributed by atoms with E-state index in [2.05, 4.69) is 11.4 Å². The third kappa shape index (κ3) is 3.09. The molecule has 0 radical (unpaired) electrons. The van der Waals surface area contributed by atoms with Crippen LogP contribution in [0.25, 0.3) is 0 Å². The molecule has 3 N–H and O–H groups in total. The largest absolute Gasteiger partial charge is 0.330 e. The van der Waals surface area contributed by atoms with Gasteiger partial charge < -0.3 is 11.1 Å². The zero-order valence-electron chi connectivity index (χ0n) is 11.0. The monoisotopic (exact) mass is 265 g/mol. The normalized spacial score (nSPS) is 11.9. The van der Waals surface area contributed by atoms with E-state index in [9.17, 15) is 4.79 Å². The Labute approximate surface area is 112 Å². The zero-order chi connectivity index (χ0) is 13.7. The first kappa shape index (κ1) is 14.7. The van der Waals surface area contributed by atoms with Gasteiger partial charge in [0.05, 0.1) is 11.5 Å². The number of aryl methyl sites for hydroxylation is 1. The second-order valence-corrected chi connectivity index (χ2v) is 5.53. The van der Waals surface area contributed by atoms with Crippen molar-refractivity contribution < 1.29 is 4.79 Å². The summed E-state index contributed by atoms with van der Waals surface area (Å²) in [7, 11) is 0. The van der Waals surface area contributed by atoms with Crippen molar-refractivity contribution in [3.63, 3.8) is 0 Å². The fourth-order valence-corrected chi connectivity index (χ4v) is 2.78. The van der Waals surface area contributed by atoms with Crippen molar-refractivity contribution in [1.82, 2.24) is 0 Å². The maximum Gasteiger partial charge on any atom is 0.229 e. The Hall–Kier alpha value is -1.38. The smallest absolute Gasteiger partial charge is 0.229 e. The molecule has 0 saturated carbocycles. The third-order valence-corrected chi connectivity index (χ3v) is 4.15. The van der Waals surface area contributed by atoms with Crippen molar-refractivity contribution in [2.75, 3.05) is 11.9 Å². The fourth-order valence-electron chi connectivity index (χ4n) is 1.77. The highest BCUT2D eigenvalue weighted by molar-refractivity contribution is 7.16. The first-order chi connectivity index (χ1) is 8.54. The van der Waals surface area contributed by atoms with E-state index in [4.69, 9.17) is 11.0 Å². The minimum Gasteiger partial charge on any atom is -0.330 e. The topological polar surface area (TPSA) is 78.9 Å². The molecule has 1 aromatic rings. The van der Waals surface area contributed by atoms with Crippen LogP contribution >= 0.6 is 11.3 Å². The molecule has 1 unspecified atom stereocenters. The van der Waals surface area contributed by atoms with E-state index in [1.165, 1.54) is 11.3 Å². The number of nitrogens with two attached hydrogens (primary N) is 1. The van der Waals surface area contributed by atoms with Crippen LogP contribution in [0.15, 0.2) is 0 Å².